The predicted octanol–water partition coefficient (Wildman–Crippen LogP) is -3.30. The first-order chi connectivity index (χ1) is 51.4. The van der Waals surface area contributed by atoms with Gasteiger partial charge in [0.1, 0.15) is 48.8 Å². The van der Waals surface area contributed by atoms with Gasteiger partial charge in [-0.2, -0.15) is 0 Å². The van der Waals surface area contributed by atoms with Crippen molar-refractivity contribution in [2.45, 2.75) is 305 Å². The standard InChI is InChI=1S/C78H137N3O28/c1-37(45-11-13-47-61-49(29-57(94)77(45,47)5)75(3)19-17-41(86)25-39(75)27-51(61)88)9-15-59(96)79-21-7-23-81(60(97)16-10-38(2)46-12-14-48-62-50(30-58(95)78(46,48)6)76(4)20-18-42(87)26-40(76)28-52(62)89)24-8-22-80(31-53(90)65(100)69(55(92)35-84)106-73-43(33-82)63(98)67(102)71(104)108-73)32-54(91)66(101)70(56(93)36-85)107-74-44(34-83)64(99)68(103)72(105)109-74/h37-58,61-74,82-95,98-105H,7-36H2,1-6H3,(H,79,96). The van der Waals surface area contributed by atoms with Gasteiger partial charge in [-0.3, -0.25) is 14.5 Å². The zero-order chi connectivity index (χ0) is 79.8. The molecule has 8 saturated carbocycles. The zero-order valence-electron chi connectivity index (χ0n) is 64.7. The number of carbonyl (C=O) groups is 2. The van der Waals surface area contributed by atoms with Gasteiger partial charge in [-0.05, 0) is 208 Å². The lowest BCUT2D eigenvalue weighted by atomic mass is 9.43. The van der Waals surface area contributed by atoms with Crippen LogP contribution in [0.2, 0.25) is 0 Å². The van der Waals surface area contributed by atoms with E-state index in [1.807, 2.05) is 0 Å². The number of fused-ring (bicyclic) bond motifs is 10. The minimum atomic E-state index is -2.23. The molecule has 31 nitrogen and oxygen atoms in total. The van der Waals surface area contributed by atoms with E-state index in [1.54, 1.807) is 4.90 Å². The summed E-state index contributed by atoms with van der Waals surface area (Å²) in [5.41, 5.74) is -1.24. The topological polar surface area (TPSA) is 535 Å². The number of aliphatic hydroxyl groups excluding tert-OH is 22. The Bertz CT molecular complexity index is 2820. The maximum atomic E-state index is 15.0. The van der Waals surface area contributed by atoms with E-state index in [-0.39, 0.29) is 152 Å². The molecule has 10 aliphatic rings. The fourth-order valence-electron chi connectivity index (χ4n) is 24.2. The molecule has 8 aliphatic carbocycles. The largest absolute Gasteiger partial charge is 0.396 e. The van der Waals surface area contributed by atoms with Crippen LogP contribution in [0.4, 0.5) is 0 Å². The maximum absolute atomic E-state index is 15.0. The Balaban J connectivity index is 0.843. The van der Waals surface area contributed by atoms with Crippen LogP contribution in [-0.2, 0) is 28.5 Å². The highest BCUT2D eigenvalue weighted by Gasteiger charge is 2.68. The third kappa shape index (κ3) is 18.1. The summed E-state index contributed by atoms with van der Waals surface area (Å²) in [5, 5.41) is 246. The van der Waals surface area contributed by atoms with Gasteiger partial charge in [0.05, 0.1) is 99.3 Å². The summed E-state index contributed by atoms with van der Waals surface area (Å²) in [4.78, 5) is 31.9. The summed E-state index contributed by atoms with van der Waals surface area (Å²) < 4.78 is 22.1. The van der Waals surface area contributed by atoms with Crippen molar-refractivity contribution in [1.29, 1.82) is 0 Å². The van der Waals surface area contributed by atoms with Gasteiger partial charge < -0.3 is 142 Å². The molecule has 31 heteroatoms. The van der Waals surface area contributed by atoms with Crippen molar-refractivity contribution in [1.82, 2.24) is 15.1 Å². The zero-order valence-corrected chi connectivity index (χ0v) is 64.7. The summed E-state index contributed by atoms with van der Waals surface area (Å²) in [5.74, 6) is -2.72. The molecular weight excluding hydrogens is 1430 g/mol. The molecule has 0 aromatic carbocycles. The summed E-state index contributed by atoms with van der Waals surface area (Å²) >= 11 is 0. The fraction of sp³-hybridized carbons (Fsp3) is 0.974. The minimum absolute atomic E-state index is 0.00946. The second-order valence-electron chi connectivity index (χ2n) is 36.5. The molecule has 40 atom stereocenters. The van der Waals surface area contributed by atoms with Crippen LogP contribution in [0.1, 0.15) is 170 Å². The average molecular weight is 1560 g/mol. The number of rotatable bonds is 34. The number of nitrogens with one attached hydrogen (secondary N) is 1. The fourth-order valence-corrected chi connectivity index (χ4v) is 24.2. The first-order valence-corrected chi connectivity index (χ1v) is 41.0. The lowest BCUT2D eigenvalue weighted by Gasteiger charge is -2.63. The second kappa shape index (κ2) is 37.2. The average Bonchev–Trinajstić information content (AvgIpc) is 1.64. The van der Waals surface area contributed by atoms with Crippen molar-refractivity contribution in [3.05, 3.63) is 0 Å². The van der Waals surface area contributed by atoms with Crippen LogP contribution < -0.4 is 5.32 Å². The molecular formula is C78H137N3O28. The van der Waals surface area contributed by atoms with Crippen LogP contribution in [-0.4, -0.2) is 335 Å². The number of carbonyl (C=O) groups excluding carboxylic acids is 2. The molecule has 2 aliphatic heterocycles. The molecule has 632 valence electrons. The number of hydrogen-bond acceptors (Lipinski definition) is 29. The third-order valence-corrected chi connectivity index (χ3v) is 30.8. The molecule has 10 rings (SSSR count). The van der Waals surface area contributed by atoms with Gasteiger partial charge in [-0.1, -0.05) is 41.5 Å². The van der Waals surface area contributed by atoms with E-state index < -0.39 is 191 Å². The highest BCUT2D eigenvalue weighted by Crippen LogP contribution is 2.70. The Morgan fingerprint density at radius 2 is 0.908 bits per heavy atom. The second-order valence-corrected chi connectivity index (χ2v) is 36.5. The molecule has 10 fully saturated rings. The molecule has 2 heterocycles. The van der Waals surface area contributed by atoms with Crippen LogP contribution in [0.25, 0.3) is 0 Å². The Kier molecular flexibility index (Phi) is 30.5. The molecule has 2 amide bonds. The Morgan fingerprint density at radius 3 is 1.32 bits per heavy atom. The maximum Gasteiger partial charge on any atom is 0.222 e. The van der Waals surface area contributed by atoms with E-state index in [2.05, 4.69) is 46.9 Å². The highest BCUT2D eigenvalue weighted by atomic mass is 16.8. The van der Waals surface area contributed by atoms with E-state index in [4.69, 9.17) is 18.9 Å². The van der Waals surface area contributed by atoms with Crippen molar-refractivity contribution in [3.8, 4) is 0 Å². The third-order valence-electron chi connectivity index (χ3n) is 30.8. The molecule has 23 N–H and O–H groups in total. The van der Waals surface area contributed by atoms with Crippen molar-refractivity contribution in [2.75, 3.05) is 65.7 Å². The summed E-state index contributed by atoms with van der Waals surface area (Å²) in [7, 11) is 0. The van der Waals surface area contributed by atoms with Crippen LogP contribution in [0.3, 0.4) is 0 Å². The number of aliphatic hydroxyl groups is 22. The normalized spacial score (nSPS) is 44.9. The van der Waals surface area contributed by atoms with E-state index in [1.165, 1.54) is 4.90 Å². The number of amides is 2. The monoisotopic (exact) mass is 1560 g/mol. The molecule has 0 aromatic rings. The van der Waals surface area contributed by atoms with Gasteiger partial charge in [-0.25, -0.2) is 0 Å². The molecule has 109 heavy (non-hydrogen) atoms. The molecule has 2 saturated heterocycles. The van der Waals surface area contributed by atoms with Crippen molar-refractivity contribution >= 4 is 11.8 Å². The minimum Gasteiger partial charge on any atom is -0.396 e. The quantitative estimate of drug-likeness (QED) is 0.0281. The first-order valence-electron chi connectivity index (χ1n) is 41.0. The van der Waals surface area contributed by atoms with Gasteiger partial charge in [0.15, 0.2) is 25.2 Å². The molecule has 0 spiro atoms. The van der Waals surface area contributed by atoms with Gasteiger partial charge in [0.2, 0.25) is 11.8 Å². The number of ether oxygens (including phenoxy) is 4. The lowest BCUT2D eigenvalue weighted by molar-refractivity contribution is -0.352. The smallest absolute Gasteiger partial charge is 0.222 e. The molecule has 40 unspecified atom stereocenters. The highest BCUT2D eigenvalue weighted by molar-refractivity contribution is 5.76. The Hall–Kier alpha value is -2.14. The lowest BCUT2D eigenvalue weighted by Crippen LogP contribution is -2.62. The molecule has 0 radical (unpaired) electrons. The van der Waals surface area contributed by atoms with Gasteiger partial charge in [-0.15, -0.1) is 0 Å². The molecule has 0 bridgehead atoms. The van der Waals surface area contributed by atoms with Crippen LogP contribution in [0.5, 0.6) is 0 Å². The SMILES string of the molecule is CC(CCC(=O)NCCCN(CCCN(CC(O)C(O)C(OC1OC(O)C(O)C(O)C1CO)C(O)CO)CC(O)C(O)C(OC1OC(O)C(O)C(O)C1CO)C(O)CO)C(=O)CCC(C)C1CCC2C3C(O)CC4CC(O)CCC4(C)C3CC(O)C12C)C1CCC2C3C(O)CC4CC(O)CCC4(C)C3CC(O)C12C. The number of nitrogens with zero attached hydrogens (tertiary/aromatic N) is 2. The van der Waals surface area contributed by atoms with E-state index in [0.29, 0.717) is 57.8 Å². The molecule has 0 aromatic heterocycles. The van der Waals surface area contributed by atoms with Crippen molar-refractivity contribution in [3.63, 3.8) is 0 Å². The Morgan fingerprint density at radius 1 is 0.495 bits per heavy atom. The number of hydrogen-bond donors (Lipinski definition) is 23. The van der Waals surface area contributed by atoms with Gasteiger partial charge >= 0.3 is 0 Å². The summed E-state index contributed by atoms with van der Waals surface area (Å²) in [6, 6.07) is 0. The van der Waals surface area contributed by atoms with Crippen molar-refractivity contribution < 1.29 is 141 Å². The van der Waals surface area contributed by atoms with Crippen LogP contribution >= 0.6 is 0 Å². The first kappa shape index (κ1) is 89.2. The Labute approximate surface area is 640 Å². The van der Waals surface area contributed by atoms with E-state index >= 15 is 4.79 Å². The predicted molar refractivity (Wildman–Crippen MR) is 387 cm³/mol. The van der Waals surface area contributed by atoms with Gasteiger partial charge in [0, 0.05) is 52.1 Å². The summed E-state index contributed by atoms with van der Waals surface area (Å²) in [6.07, 6.45) is -23.9. The van der Waals surface area contributed by atoms with Crippen LogP contribution in [0.15, 0.2) is 0 Å². The van der Waals surface area contributed by atoms with Crippen molar-refractivity contribution in [2.24, 2.45) is 105 Å². The summed E-state index contributed by atoms with van der Waals surface area (Å²) in [6.45, 7) is 7.73. The van der Waals surface area contributed by atoms with Gasteiger partial charge in [0.25, 0.3) is 0 Å². The van der Waals surface area contributed by atoms with E-state index in [0.717, 1.165) is 44.9 Å². The van der Waals surface area contributed by atoms with Crippen LogP contribution in [0, 0.1) is 105 Å². The van der Waals surface area contributed by atoms with E-state index in [9.17, 15) is 117 Å².